The first-order chi connectivity index (χ1) is 13.1. The number of hydrogen-bond donors (Lipinski definition) is 1. The summed E-state index contributed by atoms with van der Waals surface area (Å²) in [7, 11) is 0. The third kappa shape index (κ3) is 4.88. The van der Waals surface area contributed by atoms with Gasteiger partial charge in [-0.25, -0.2) is 0 Å². The van der Waals surface area contributed by atoms with Crippen LogP contribution in [0.5, 0.6) is 5.75 Å². The van der Waals surface area contributed by atoms with E-state index in [1.807, 2.05) is 68.4 Å². The van der Waals surface area contributed by atoms with Crippen molar-refractivity contribution in [3.05, 3.63) is 60.2 Å². The molecule has 142 valence electrons. The van der Waals surface area contributed by atoms with Gasteiger partial charge < -0.3 is 15.0 Å². The lowest BCUT2D eigenvalue weighted by Gasteiger charge is -2.18. The summed E-state index contributed by atoms with van der Waals surface area (Å²) in [5.41, 5.74) is 1.82. The topological polar surface area (TPSA) is 58.6 Å². The van der Waals surface area contributed by atoms with Crippen molar-refractivity contribution in [1.29, 1.82) is 0 Å². The minimum Gasteiger partial charge on any atom is -0.489 e. The van der Waals surface area contributed by atoms with Crippen LogP contribution < -0.4 is 10.1 Å². The smallest absolute Gasteiger partial charge is 0.228 e. The summed E-state index contributed by atoms with van der Waals surface area (Å²) in [4.78, 5) is 26.5. The highest BCUT2D eigenvalue weighted by Gasteiger charge is 2.49. The Morgan fingerprint density at radius 2 is 1.67 bits per heavy atom. The van der Waals surface area contributed by atoms with Crippen molar-refractivity contribution in [2.24, 2.45) is 11.8 Å². The minimum absolute atomic E-state index is 0.0848. The molecular formula is C22H26N2O3. The van der Waals surface area contributed by atoms with Crippen LogP contribution in [0, 0.1) is 11.8 Å². The fourth-order valence-corrected chi connectivity index (χ4v) is 3.14. The molecule has 1 fully saturated rings. The molecule has 0 radical (unpaired) electrons. The van der Waals surface area contributed by atoms with Crippen molar-refractivity contribution in [2.45, 2.75) is 26.9 Å². The van der Waals surface area contributed by atoms with Crippen LogP contribution >= 0.6 is 0 Å². The number of nitrogens with zero attached hydrogens (tertiary/aromatic N) is 1. The maximum absolute atomic E-state index is 12.4. The summed E-state index contributed by atoms with van der Waals surface area (Å²) in [6.45, 7) is 5.79. The second kappa shape index (κ2) is 8.71. The third-order valence-corrected chi connectivity index (χ3v) is 4.89. The molecule has 0 aromatic heterocycles. The van der Waals surface area contributed by atoms with Crippen LogP contribution in [-0.2, 0) is 16.2 Å². The number of rotatable bonds is 8. The van der Waals surface area contributed by atoms with Crippen LogP contribution in [0.3, 0.4) is 0 Å². The summed E-state index contributed by atoms with van der Waals surface area (Å²) in [5, 5.41) is 2.90. The van der Waals surface area contributed by atoms with Gasteiger partial charge in [-0.15, -0.1) is 0 Å². The maximum atomic E-state index is 12.4. The van der Waals surface area contributed by atoms with E-state index in [-0.39, 0.29) is 23.7 Å². The Morgan fingerprint density at radius 1 is 1.00 bits per heavy atom. The van der Waals surface area contributed by atoms with Gasteiger partial charge in [0.05, 0.1) is 11.8 Å². The quantitative estimate of drug-likeness (QED) is 0.775. The van der Waals surface area contributed by atoms with Gasteiger partial charge in [-0.1, -0.05) is 30.3 Å². The van der Waals surface area contributed by atoms with Crippen molar-refractivity contribution < 1.29 is 14.3 Å². The number of amides is 2. The second-order valence-corrected chi connectivity index (χ2v) is 6.75. The number of carbonyl (C=O) groups excluding carboxylic acids is 2. The van der Waals surface area contributed by atoms with E-state index < -0.39 is 0 Å². The predicted molar refractivity (Wildman–Crippen MR) is 105 cm³/mol. The Hall–Kier alpha value is -2.82. The third-order valence-electron chi connectivity index (χ3n) is 4.89. The molecule has 0 spiro atoms. The SMILES string of the molecule is CCN(CC)C(=O)C1CC1C(=O)Nc1ccc(OCc2ccccc2)cc1. The predicted octanol–water partition coefficient (Wildman–Crippen LogP) is 3.71. The van der Waals surface area contributed by atoms with Gasteiger partial charge in [0.2, 0.25) is 11.8 Å². The molecule has 2 atom stereocenters. The lowest BCUT2D eigenvalue weighted by Crippen LogP contribution is -2.33. The van der Waals surface area contributed by atoms with Gasteiger partial charge in [0, 0.05) is 18.8 Å². The van der Waals surface area contributed by atoms with E-state index in [1.54, 1.807) is 4.90 Å². The zero-order valence-electron chi connectivity index (χ0n) is 15.9. The minimum atomic E-state index is -0.216. The van der Waals surface area contributed by atoms with Gasteiger partial charge in [0.1, 0.15) is 12.4 Å². The van der Waals surface area contributed by atoms with Gasteiger partial charge >= 0.3 is 0 Å². The van der Waals surface area contributed by atoms with E-state index in [1.165, 1.54) is 0 Å². The highest BCUT2D eigenvalue weighted by molar-refractivity contribution is 5.99. The summed E-state index contributed by atoms with van der Waals surface area (Å²) in [6.07, 6.45) is 0.638. The molecule has 1 aliphatic rings. The summed E-state index contributed by atoms with van der Waals surface area (Å²) in [5.74, 6) is 0.367. The maximum Gasteiger partial charge on any atom is 0.228 e. The van der Waals surface area contributed by atoms with E-state index in [4.69, 9.17) is 4.74 Å². The van der Waals surface area contributed by atoms with E-state index in [0.29, 0.717) is 31.8 Å². The van der Waals surface area contributed by atoms with Crippen LogP contribution in [0.15, 0.2) is 54.6 Å². The lowest BCUT2D eigenvalue weighted by molar-refractivity contribution is -0.133. The van der Waals surface area contributed by atoms with Gasteiger partial charge in [-0.3, -0.25) is 9.59 Å². The Labute approximate surface area is 160 Å². The fourth-order valence-electron chi connectivity index (χ4n) is 3.14. The van der Waals surface area contributed by atoms with Crippen LogP contribution in [-0.4, -0.2) is 29.8 Å². The van der Waals surface area contributed by atoms with Crippen molar-refractivity contribution in [2.75, 3.05) is 18.4 Å². The number of nitrogens with one attached hydrogen (secondary N) is 1. The van der Waals surface area contributed by atoms with E-state index >= 15 is 0 Å². The highest BCUT2D eigenvalue weighted by Crippen LogP contribution is 2.40. The average molecular weight is 366 g/mol. The normalized spacial score (nSPS) is 17.9. The first-order valence-corrected chi connectivity index (χ1v) is 9.48. The Balaban J connectivity index is 1.48. The Bertz CT molecular complexity index is 770. The molecule has 2 unspecified atom stereocenters. The number of carbonyl (C=O) groups is 2. The van der Waals surface area contributed by atoms with E-state index in [9.17, 15) is 9.59 Å². The van der Waals surface area contributed by atoms with Gasteiger partial charge in [0.25, 0.3) is 0 Å². The molecule has 0 saturated heterocycles. The molecule has 2 aromatic rings. The van der Waals surface area contributed by atoms with Crippen molar-refractivity contribution in [3.63, 3.8) is 0 Å². The summed E-state index contributed by atoms with van der Waals surface area (Å²) < 4.78 is 5.75. The summed E-state index contributed by atoms with van der Waals surface area (Å²) >= 11 is 0. The first-order valence-electron chi connectivity index (χ1n) is 9.48. The molecule has 2 aromatic carbocycles. The molecule has 1 saturated carbocycles. The Morgan fingerprint density at radius 3 is 2.30 bits per heavy atom. The highest BCUT2D eigenvalue weighted by atomic mass is 16.5. The number of ether oxygens (including phenoxy) is 1. The zero-order chi connectivity index (χ0) is 19.2. The number of benzene rings is 2. The van der Waals surface area contributed by atoms with Crippen LogP contribution in [0.1, 0.15) is 25.8 Å². The molecule has 5 nitrogen and oxygen atoms in total. The average Bonchev–Trinajstić information content (AvgIpc) is 3.50. The molecule has 3 rings (SSSR count). The zero-order valence-corrected chi connectivity index (χ0v) is 15.9. The summed E-state index contributed by atoms with van der Waals surface area (Å²) in [6, 6.07) is 17.3. The van der Waals surface area contributed by atoms with Gasteiger partial charge in [-0.05, 0) is 50.1 Å². The number of anilines is 1. The van der Waals surface area contributed by atoms with Crippen molar-refractivity contribution in [1.82, 2.24) is 4.90 Å². The van der Waals surface area contributed by atoms with E-state index in [2.05, 4.69) is 5.32 Å². The van der Waals surface area contributed by atoms with Gasteiger partial charge in [-0.2, -0.15) is 0 Å². The Kier molecular flexibility index (Phi) is 6.12. The molecule has 0 heterocycles. The fraction of sp³-hybridized carbons (Fsp3) is 0.364. The largest absolute Gasteiger partial charge is 0.489 e. The lowest BCUT2D eigenvalue weighted by atomic mass is 10.2. The molecule has 0 bridgehead atoms. The van der Waals surface area contributed by atoms with Crippen molar-refractivity contribution >= 4 is 17.5 Å². The van der Waals surface area contributed by atoms with Crippen molar-refractivity contribution in [3.8, 4) is 5.75 Å². The molecule has 0 aliphatic heterocycles. The molecule has 27 heavy (non-hydrogen) atoms. The molecule has 5 heteroatoms. The van der Waals surface area contributed by atoms with Crippen LogP contribution in [0.4, 0.5) is 5.69 Å². The molecule has 1 aliphatic carbocycles. The molecule has 1 N–H and O–H groups in total. The number of hydrogen-bond acceptors (Lipinski definition) is 3. The van der Waals surface area contributed by atoms with Crippen LogP contribution in [0.2, 0.25) is 0 Å². The van der Waals surface area contributed by atoms with E-state index in [0.717, 1.165) is 11.3 Å². The van der Waals surface area contributed by atoms with Gasteiger partial charge in [0.15, 0.2) is 0 Å². The monoisotopic (exact) mass is 366 g/mol. The molecule has 2 amide bonds. The second-order valence-electron chi connectivity index (χ2n) is 6.75. The standard InChI is InChI=1S/C22H26N2O3/c1-3-24(4-2)22(26)20-14-19(20)21(25)23-17-10-12-18(13-11-17)27-15-16-8-6-5-7-9-16/h5-13,19-20H,3-4,14-15H2,1-2H3,(H,23,25). The molecular weight excluding hydrogens is 340 g/mol. The van der Waals surface area contributed by atoms with Crippen LogP contribution in [0.25, 0.3) is 0 Å². The first kappa shape index (κ1) is 19.0.